The first-order valence-corrected chi connectivity index (χ1v) is 9.81. The first kappa shape index (κ1) is 15.1. The van der Waals surface area contributed by atoms with Crippen LogP contribution in [0.25, 0.3) is 0 Å². The Morgan fingerprint density at radius 3 is 2.87 bits per heavy atom. The van der Waals surface area contributed by atoms with Crippen molar-refractivity contribution in [3.63, 3.8) is 0 Å². The Morgan fingerprint density at radius 2 is 2.04 bits per heavy atom. The Kier molecular flexibility index (Phi) is 3.86. The molecule has 0 bridgehead atoms. The minimum absolute atomic E-state index is 0.00412. The van der Waals surface area contributed by atoms with Crippen molar-refractivity contribution in [2.45, 2.75) is 12.1 Å². The van der Waals surface area contributed by atoms with Crippen LogP contribution in [0.4, 0.5) is 11.8 Å². The van der Waals surface area contributed by atoms with Crippen LogP contribution in [-0.2, 0) is 14.6 Å². The highest BCUT2D eigenvalue weighted by Gasteiger charge is 2.43. The van der Waals surface area contributed by atoms with Gasteiger partial charge in [-0.1, -0.05) is 0 Å². The van der Waals surface area contributed by atoms with Crippen LogP contribution in [0.1, 0.15) is 0 Å². The summed E-state index contributed by atoms with van der Waals surface area (Å²) in [6.45, 7) is 4.47. The molecule has 0 aromatic carbocycles. The summed E-state index contributed by atoms with van der Waals surface area (Å²) in [6, 6.07) is 1.83. The maximum absolute atomic E-state index is 12.0. The van der Waals surface area contributed by atoms with Gasteiger partial charge in [-0.15, -0.1) is 0 Å². The van der Waals surface area contributed by atoms with E-state index in [1.54, 1.807) is 6.20 Å². The van der Waals surface area contributed by atoms with E-state index in [2.05, 4.69) is 20.1 Å². The van der Waals surface area contributed by atoms with E-state index in [-0.39, 0.29) is 23.6 Å². The van der Waals surface area contributed by atoms with Crippen LogP contribution in [0.15, 0.2) is 12.3 Å². The maximum Gasteiger partial charge on any atom is 0.227 e. The molecule has 3 aliphatic heterocycles. The summed E-state index contributed by atoms with van der Waals surface area (Å²) in [5.74, 6) is 1.92. The van der Waals surface area contributed by atoms with Crippen molar-refractivity contribution in [3.8, 4) is 0 Å². The van der Waals surface area contributed by atoms with Crippen LogP contribution in [0.5, 0.6) is 0 Å². The zero-order valence-electron chi connectivity index (χ0n) is 12.9. The van der Waals surface area contributed by atoms with Crippen LogP contribution >= 0.6 is 0 Å². The molecule has 4 rings (SSSR count). The van der Waals surface area contributed by atoms with E-state index in [1.165, 1.54) is 0 Å². The number of rotatable bonds is 2. The Bertz CT molecular complexity index is 677. The predicted octanol–water partition coefficient (Wildman–Crippen LogP) is -1.11. The standard InChI is InChI=1S/C14H21N5O3S/c20-23(21)9-11-12(10-23)19(4-3-15-11)13-1-2-16-14(17-13)18-5-7-22-8-6-18/h1-2,11-12,15H,3-10H2/t11-,12+/m0/s1. The average Bonchev–Trinajstić information content (AvgIpc) is 2.89. The molecule has 1 aromatic rings. The molecule has 1 N–H and O–H groups in total. The van der Waals surface area contributed by atoms with E-state index in [4.69, 9.17) is 9.72 Å². The van der Waals surface area contributed by atoms with Gasteiger partial charge in [0.15, 0.2) is 9.84 Å². The molecule has 1 aromatic heterocycles. The lowest BCUT2D eigenvalue weighted by Crippen LogP contribution is -2.57. The summed E-state index contributed by atoms with van der Waals surface area (Å²) in [6.07, 6.45) is 1.76. The van der Waals surface area contributed by atoms with Crippen LogP contribution in [0.3, 0.4) is 0 Å². The Balaban J connectivity index is 1.59. The van der Waals surface area contributed by atoms with E-state index in [9.17, 15) is 8.42 Å². The van der Waals surface area contributed by atoms with E-state index in [0.717, 1.165) is 32.0 Å². The van der Waals surface area contributed by atoms with Gasteiger partial charge in [0.25, 0.3) is 0 Å². The molecule has 9 heteroatoms. The first-order chi connectivity index (χ1) is 11.1. The summed E-state index contributed by atoms with van der Waals surface area (Å²) < 4.78 is 29.3. The van der Waals surface area contributed by atoms with Gasteiger partial charge >= 0.3 is 0 Å². The number of morpholine rings is 1. The van der Waals surface area contributed by atoms with Gasteiger partial charge in [0, 0.05) is 38.4 Å². The van der Waals surface area contributed by atoms with Gasteiger partial charge in [0.1, 0.15) is 5.82 Å². The molecule has 126 valence electrons. The van der Waals surface area contributed by atoms with Crippen molar-refractivity contribution in [1.82, 2.24) is 15.3 Å². The molecule has 4 heterocycles. The van der Waals surface area contributed by atoms with Gasteiger partial charge in [-0.2, -0.15) is 4.98 Å². The molecule has 3 aliphatic rings. The zero-order valence-corrected chi connectivity index (χ0v) is 13.7. The zero-order chi connectivity index (χ0) is 15.9. The second-order valence-electron chi connectivity index (χ2n) is 6.21. The Morgan fingerprint density at radius 1 is 1.22 bits per heavy atom. The first-order valence-electron chi connectivity index (χ1n) is 7.99. The van der Waals surface area contributed by atoms with Crippen LogP contribution in [0.2, 0.25) is 0 Å². The number of nitrogens with one attached hydrogen (secondary N) is 1. The van der Waals surface area contributed by atoms with Crippen LogP contribution in [-0.4, -0.2) is 81.4 Å². The summed E-state index contributed by atoms with van der Waals surface area (Å²) in [4.78, 5) is 13.3. The highest BCUT2D eigenvalue weighted by atomic mass is 32.2. The summed E-state index contributed by atoms with van der Waals surface area (Å²) in [5.41, 5.74) is 0. The van der Waals surface area contributed by atoms with Crippen molar-refractivity contribution in [1.29, 1.82) is 0 Å². The number of fused-ring (bicyclic) bond motifs is 1. The van der Waals surface area contributed by atoms with Gasteiger partial charge in [0.05, 0.1) is 30.8 Å². The molecule has 0 radical (unpaired) electrons. The van der Waals surface area contributed by atoms with Gasteiger partial charge in [-0.3, -0.25) is 0 Å². The lowest BCUT2D eigenvalue weighted by atomic mass is 10.1. The number of nitrogens with zero attached hydrogens (tertiary/aromatic N) is 4. The number of piperazine rings is 1. The number of hydrogen-bond acceptors (Lipinski definition) is 8. The SMILES string of the molecule is O=S1(=O)C[C@@H]2NCCN(c3ccnc(N4CCOCC4)n3)[C@@H]2C1. The number of aromatic nitrogens is 2. The molecule has 0 spiro atoms. The van der Waals surface area contributed by atoms with Crippen molar-refractivity contribution in [2.75, 3.05) is 60.7 Å². The van der Waals surface area contributed by atoms with Crippen molar-refractivity contribution < 1.29 is 13.2 Å². The third-order valence-electron chi connectivity index (χ3n) is 4.70. The van der Waals surface area contributed by atoms with Crippen molar-refractivity contribution in [3.05, 3.63) is 12.3 Å². The summed E-state index contributed by atoms with van der Waals surface area (Å²) >= 11 is 0. The van der Waals surface area contributed by atoms with Crippen LogP contribution in [0, 0.1) is 0 Å². The summed E-state index contributed by atoms with van der Waals surface area (Å²) in [5, 5.41) is 3.32. The largest absolute Gasteiger partial charge is 0.378 e. The molecular formula is C14H21N5O3S. The number of ether oxygens (including phenoxy) is 1. The second-order valence-corrected chi connectivity index (χ2v) is 8.37. The predicted molar refractivity (Wildman–Crippen MR) is 86.6 cm³/mol. The van der Waals surface area contributed by atoms with Gasteiger partial charge in [-0.25, -0.2) is 13.4 Å². The Labute approximate surface area is 135 Å². The van der Waals surface area contributed by atoms with E-state index in [1.807, 2.05) is 6.07 Å². The molecular weight excluding hydrogens is 318 g/mol. The lowest BCUT2D eigenvalue weighted by Gasteiger charge is -2.38. The molecule has 0 saturated carbocycles. The fraction of sp³-hybridized carbons (Fsp3) is 0.714. The highest BCUT2D eigenvalue weighted by Crippen LogP contribution is 2.26. The average molecular weight is 339 g/mol. The monoisotopic (exact) mass is 339 g/mol. The molecule has 3 saturated heterocycles. The molecule has 0 aliphatic carbocycles. The quantitative estimate of drug-likeness (QED) is 0.726. The number of sulfone groups is 1. The fourth-order valence-corrected chi connectivity index (χ4v) is 5.52. The molecule has 0 amide bonds. The Hall–Kier alpha value is -1.45. The van der Waals surface area contributed by atoms with Crippen molar-refractivity contribution in [2.24, 2.45) is 0 Å². The van der Waals surface area contributed by atoms with Gasteiger partial charge in [0.2, 0.25) is 5.95 Å². The van der Waals surface area contributed by atoms with E-state index in [0.29, 0.717) is 19.2 Å². The molecule has 3 fully saturated rings. The van der Waals surface area contributed by atoms with E-state index < -0.39 is 9.84 Å². The van der Waals surface area contributed by atoms with Crippen molar-refractivity contribution >= 4 is 21.6 Å². The maximum atomic E-state index is 12.0. The lowest BCUT2D eigenvalue weighted by molar-refractivity contribution is 0.122. The minimum atomic E-state index is -2.97. The normalized spacial score (nSPS) is 30.3. The van der Waals surface area contributed by atoms with Gasteiger partial charge < -0.3 is 19.9 Å². The highest BCUT2D eigenvalue weighted by molar-refractivity contribution is 7.91. The van der Waals surface area contributed by atoms with Crippen LogP contribution < -0.4 is 15.1 Å². The second kappa shape index (κ2) is 5.88. The smallest absolute Gasteiger partial charge is 0.227 e. The minimum Gasteiger partial charge on any atom is -0.378 e. The summed E-state index contributed by atoms with van der Waals surface area (Å²) in [7, 11) is -2.97. The van der Waals surface area contributed by atoms with Gasteiger partial charge in [-0.05, 0) is 6.07 Å². The molecule has 0 unspecified atom stereocenters. The molecule has 2 atom stereocenters. The third kappa shape index (κ3) is 3.00. The fourth-order valence-electron chi connectivity index (χ4n) is 3.57. The number of anilines is 2. The van der Waals surface area contributed by atoms with E-state index >= 15 is 0 Å². The molecule has 23 heavy (non-hydrogen) atoms. The number of hydrogen-bond donors (Lipinski definition) is 1. The third-order valence-corrected chi connectivity index (χ3v) is 6.41. The molecule has 8 nitrogen and oxygen atoms in total. The topological polar surface area (TPSA) is 87.7 Å².